The molecule has 0 spiro atoms. The molecule has 2 aromatic carbocycles. The molecule has 1 aliphatic rings. The topological polar surface area (TPSA) is 66.8 Å². The van der Waals surface area contributed by atoms with E-state index in [0.29, 0.717) is 21.5 Å². The number of carboxylic acids is 1. The maximum atomic E-state index is 12.7. The second-order valence-electron chi connectivity index (χ2n) is 5.82. The third-order valence-electron chi connectivity index (χ3n) is 3.86. The summed E-state index contributed by atoms with van der Waals surface area (Å²) in [6, 6.07) is 16.9. The van der Waals surface area contributed by atoms with Gasteiger partial charge >= 0.3 is 5.97 Å². The standard InChI is InChI=1S/C20H17NO4S2/c22-18(23)13-25-16-8-4-7-15(11-16)12-17-19(24)21(20(26)27-17)10-9-14-5-2-1-3-6-14/h1-8,11-12H,9-10,13H2,(H,22,23)/b17-12+. The van der Waals surface area contributed by atoms with Crippen molar-refractivity contribution in [2.75, 3.05) is 13.2 Å². The fourth-order valence-corrected chi connectivity index (χ4v) is 3.88. The first-order valence-electron chi connectivity index (χ1n) is 8.27. The predicted octanol–water partition coefficient (Wildman–Crippen LogP) is 3.59. The Kier molecular flexibility index (Phi) is 6.26. The summed E-state index contributed by atoms with van der Waals surface area (Å²) >= 11 is 6.63. The number of ether oxygens (including phenoxy) is 1. The molecule has 3 rings (SSSR count). The minimum absolute atomic E-state index is 0.113. The second-order valence-corrected chi connectivity index (χ2v) is 7.50. The highest BCUT2D eigenvalue weighted by atomic mass is 32.2. The molecule has 1 amide bonds. The van der Waals surface area contributed by atoms with Gasteiger partial charge in [0.1, 0.15) is 10.1 Å². The summed E-state index contributed by atoms with van der Waals surface area (Å²) in [6.45, 7) is 0.124. The predicted molar refractivity (Wildman–Crippen MR) is 110 cm³/mol. The van der Waals surface area contributed by atoms with Crippen molar-refractivity contribution in [3.63, 3.8) is 0 Å². The van der Waals surface area contributed by atoms with E-state index in [0.717, 1.165) is 17.5 Å². The van der Waals surface area contributed by atoms with E-state index in [4.69, 9.17) is 22.1 Å². The number of carboxylic acid groups (broad SMARTS) is 1. The first-order valence-corrected chi connectivity index (χ1v) is 9.49. The van der Waals surface area contributed by atoms with E-state index < -0.39 is 12.6 Å². The van der Waals surface area contributed by atoms with Gasteiger partial charge in [-0.3, -0.25) is 9.69 Å². The summed E-state index contributed by atoms with van der Waals surface area (Å²) in [6.07, 6.45) is 2.48. The van der Waals surface area contributed by atoms with E-state index in [1.54, 1.807) is 29.2 Å². The quantitative estimate of drug-likeness (QED) is 0.567. The molecule has 0 unspecified atom stereocenters. The Hall–Kier alpha value is -2.64. The van der Waals surface area contributed by atoms with Crippen LogP contribution in [0, 0.1) is 0 Å². The molecule has 0 atom stereocenters. The van der Waals surface area contributed by atoms with Crippen molar-refractivity contribution >= 4 is 46.3 Å². The lowest BCUT2D eigenvalue weighted by atomic mass is 10.1. The Balaban J connectivity index is 1.68. The zero-order valence-electron chi connectivity index (χ0n) is 14.3. The largest absolute Gasteiger partial charge is 0.482 e. The van der Waals surface area contributed by atoms with Crippen LogP contribution in [0.3, 0.4) is 0 Å². The summed E-state index contributed by atoms with van der Waals surface area (Å²) in [7, 11) is 0. The summed E-state index contributed by atoms with van der Waals surface area (Å²) in [4.78, 5) is 25.5. The smallest absolute Gasteiger partial charge is 0.341 e. The number of hydrogen-bond acceptors (Lipinski definition) is 5. The molecule has 0 bridgehead atoms. The van der Waals surface area contributed by atoms with E-state index in [1.165, 1.54) is 11.8 Å². The number of carbonyl (C=O) groups is 2. The van der Waals surface area contributed by atoms with E-state index >= 15 is 0 Å². The lowest BCUT2D eigenvalue weighted by Crippen LogP contribution is -2.30. The van der Waals surface area contributed by atoms with Crippen LogP contribution < -0.4 is 4.74 Å². The molecular weight excluding hydrogens is 382 g/mol. The monoisotopic (exact) mass is 399 g/mol. The summed E-state index contributed by atoms with van der Waals surface area (Å²) in [5.74, 6) is -0.719. The third kappa shape index (κ3) is 5.18. The highest BCUT2D eigenvalue weighted by Gasteiger charge is 2.31. The molecule has 5 nitrogen and oxygen atoms in total. The normalized spacial score (nSPS) is 15.4. The van der Waals surface area contributed by atoms with E-state index in [-0.39, 0.29) is 5.91 Å². The van der Waals surface area contributed by atoms with Gasteiger partial charge in [0, 0.05) is 6.54 Å². The van der Waals surface area contributed by atoms with Gasteiger partial charge in [-0.05, 0) is 35.8 Å². The fourth-order valence-electron chi connectivity index (χ4n) is 2.57. The Morgan fingerprint density at radius 3 is 2.70 bits per heavy atom. The van der Waals surface area contributed by atoms with Crippen LogP contribution in [-0.2, 0) is 16.0 Å². The van der Waals surface area contributed by atoms with Crippen LogP contribution in [0.4, 0.5) is 0 Å². The molecule has 1 saturated heterocycles. The number of amides is 1. The van der Waals surface area contributed by atoms with Gasteiger partial charge in [-0.25, -0.2) is 4.79 Å². The van der Waals surface area contributed by atoms with Crippen LogP contribution in [0.5, 0.6) is 5.75 Å². The van der Waals surface area contributed by atoms with Crippen molar-refractivity contribution in [1.29, 1.82) is 0 Å². The lowest BCUT2D eigenvalue weighted by Gasteiger charge is -2.14. The molecule has 1 N–H and O–H groups in total. The Morgan fingerprint density at radius 2 is 1.96 bits per heavy atom. The number of thioether (sulfide) groups is 1. The number of carbonyl (C=O) groups excluding carboxylic acids is 1. The number of benzene rings is 2. The molecule has 0 aromatic heterocycles. The molecule has 0 saturated carbocycles. The molecule has 1 heterocycles. The van der Waals surface area contributed by atoms with Crippen LogP contribution in [0.15, 0.2) is 59.5 Å². The first kappa shape index (κ1) is 19.1. The number of rotatable bonds is 7. The van der Waals surface area contributed by atoms with Crippen LogP contribution in [0.25, 0.3) is 6.08 Å². The minimum Gasteiger partial charge on any atom is -0.482 e. The molecule has 2 aromatic rings. The van der Waals surface area contributed by atoms with E-state index in [1.807, 2.05) is 36.4 Å². The van der Waals surface area contributed by atoms with Crippen molar-refractivity contribution in [3.05, 3.63) is 70.6 Å². The van der Waals surface area contributed by atoms with Gasteiger partial charge in [-0.2, -0.15) is 0 Å². The van der Waals surface area contributed by atoms with E-state index in [2.05, 4.69) is 0 Å². The zero-order valence-corrected chi connectivity index (χ0v) is 16.0. The molecule has 7 heteroatoms. The minimum atomic E-state index is -1.04. The van der Waals surface area contributed by atoms with Gasteiger partial charge in [-0.1, -0.05) is 66.4 Å². The van der Waals surface area contributed by atoms with Crippen molar-refractivity contribution in [2.24, 2.45) is 0 Å². The Labute approximate surface area is 166 Å². The number of thiocarbonyl (C=S) groups is 1. The van der Waals surface area contributed by atoms with E-state index in [9.17, 15) is 9.59 Å². The van der Waals surface area contributed by atoms with Gasteiger partial charge < -0.3 is 9.84 Å². The molecule has 27 heavy (non-hydrogen) atoms. The number of hydrogen-bond donors (Lipinski definition) is 1. The van der Waals surface area contributed by atoms with Crippen LogP contribution >= 0.6 is 24.0 Å². The third-order valence-corrected chi connectivity index (χ3v) is 5.24. The van der Waals surface area contributed by atoms with Crippen LogP contribution in [0.2, 0.25) is 0 Å². The van der Waals surface area contributed by atoms with Crippen LogP contribution in [0.1, 0.15) is 11.1 Å². The van der Waals surface area contributed by atoms with Gasteiger partial charge in [-0.15, -0.1) is 0 Å². The molecular formula is C20H17NO4S2. The zero-order chi connectivity index (χ0) is 19.2. The number of aliphatic carboxylic acids is 1. The lowest BCUT2D eigenvalue weighted by molar-refractivity contribution is -0.139. The van der Waals surface area contributed by atoms with Gasteiger partial charge in [0.15, 0.2) is 6.61 Å². The van der Waals surface area contributed by atoms with Crippen molar-refractivity contribution < 1.29 is 19.4 Å². The molecule has 138 valence electrons. The molecule has 1 aliphatic heterocycles. The van der Waals surface area contributed by atoms with Gasteiger partial charge in [0.2, 0.25) is 0 Å². The summed E-state index contributed by atoms with van der Waals surface area (Å²) < 4.78 is 5.71. The highest BCUT2D eigenvalue weighted by Crippen LogP contribution is 2.33. The van der Waals surface area contributed by atoms with Crippen molar-refractivity contribution in [2.45, 2.75) is 6.42 Å². The maximum absolute atomic E-state index is 12.7. The van der Waals surface area contributed by atoms with Crippen molar-refractivity contribution in [3.8, 4) is 5.75 Å². The Morgan fingerprint density at radius 1 is 1.19 bits per heavy atom. The van der Waals surface area contributed by atoms with Crippen LogP contribution in [-0.4, -0.2) is 39.4 Å². The van der Waals surface area contributed by atoms with Crippen molar-refractivity contribution in [1.82, 2.24) is 4.90 Å². The average Bonchev–Trinajstić information content (AvgIpc) is 2.92. The summed E-state index contributed by atoms with van der Waals surface area (Å²) in [5, 5.41) is 8.70. The van der Waals surface area contributed by atoms with Gasteiger partial charge in [0.05, 0.1) is 4.91 Å². The molecule has 1 fully saturated rings. The second kappa shape index (κ2) is 8.83. The average molecular weight is 399 g/mol. The maximum Gasteiger partial charge on any atom is 0.341 e. The molecule has 0 aliphatic carbocycles. The summed E-state index contributed by atoms with van der Waals surface area (Å²) in [5.41, 5.74) is 1.90. The number of nitrogens with zero attached hydrogens (tertiary/aromatic N) is 1. The fraction of sp³-hybridized carbons (Fsp3) is 0.150. The molecule has 0 radical (unpaired) electrons. The SMILES string of the molecule is O=C(O)COc1cccc(/C=C2/SC(=S)N(CCc3ccccc3)C2=O)c1. The first-order chi connectivity index (χ1) is 13.0. The van der Waals surface area contributed by atoms with Gasteiger partial charge in [0.25, 0.3) is 5.91 Å². The Bertz CT molecular complexity index is 896. The highest BCUT2D eigenvalue weighted by molar-refractivity contribution is 8.26.